The van der Waals surface area contributed by atoms with Gasteiger partial charge in [0.2, 0.25) is 0 Å². The van der Waals surface area contributed by atoms with Gasteiger partial charge in [-0.3, -0.25) is 14.9 Å². The van der Waals surface area contributed by atoms with Gasteiger partial charge in [-0.15, -0.1) is 0 Å². The molecule has 0 unspecified atom stereocenters. The number of halogens is 1. The van der Waals surface area contributed by atoms with Crippen LogP contribution in [0.15, 0.2) is 58.5 Å². The van der Waals surface area contributed by atoms with Crippen LogP contribution >= 0.6 is 11.6 Å². The lowest BCUT2D eigenvalue weighted by Gasteiger charge is -2.09. The molecule has 0 fully saturated rings. The molecule has 1 aromatic heterocycles. The van der Waals surface area contributed by atoms with Crippen LogP contribution in [0.2, 0.25) is 5.02 Å². The van der Waals surface area contributed by atoms with E-state index in [9.17, 15) is 20.2 Å². The summed E-state index contributed by atoms with van der Waals surface area (Å²) >= 11 is 5.96. The number of anilines is 1. The molecule has 3 rings (SSSR count). The number of ether oxygens (including phenoxy) is 2. The van der Waals surface area contributed by atoms with Crippen LogP contribution in [0, 0.1) is 21.4 Å². The first-order valence-electron chi connectivity index (χ1n) is 9.05. The molecule has 0 saturated heterocycles. The number of carbonyl (C=O) groups excluding carboxylic acids is 1. The van der Waals surface area contributed by atoms with Crippen LogP contribution in [0.4, 0.5) is 11.4 Å². The zero-order valence-electron chi connectivity index (χ0n) is 16.9. The molecule has 0 atom stereocenters. The number of nitro groups is 1. The predicted octanol–water partition coefficient (Wildman–Crippen LogP) is 5.07. The van der Waals surface area contributed by atoms with Crippen molar-refractivity contribution in [2.24, 2.45) is 0 Å². The van der Waals surface area contributed by atoms with Crippen molar-refractivity contribution in [3.05, 3.63) is 75.0 Å². The largest absolute Gasteiger partial charge is 0.497 e. The van der Waals surface area contributed by atoms with Gasteiger partial charge < -0.3 is 19.2 Å². The summed E-state index contributed by atoms with van der Waals surface area (Å²) < 4.78 is 15.8. The van der Waals surface area contributed by atoms with Gasteiger partial charge in [0.25, 0.3) is 11.6 Å². The molecule has 0 aliphatic carbocycles. The lowest BCUT2D eigenvalue weighted by atomic mass is 10.1. The Morgan fingerprint density at radius 2 is 1.97 bits per heavy atom. The molecule has 0 aliphatic rings. The highest BCUT2D eigenvalue weighted by Crippen LogP contribution is 2.34. The van der Waals surface area contributed by atoms with E-state index in [-0.39, 0.29) is 28.3 Å². The minimum atomic E-state index is -0.707. The fraction of sp³-hybridized carbons (Fsp3) is 0.0909. The van der Waals surface area contributed by atoms with Gasteiger partial charge in [0, 0.05) is 11.1 Å². The Morgan fingerprint density at radius 1 is 1.19 bits per heavy atom. The first-order valence-corrected chi connectivity index (χ1v) is 9.43. The van der Waals surface area contributed by atoms with Crippen LogP contribution in [0.25, 0.3) is 17.4 Å². The summed E-state index contributed by atoms with van der Waals surface area (Å²) in [6.45, 7) is 0. The predicted molar refractivity (Wildman–Crippen MR) is 118 cm³/mol. The summed E-state index contributed by atoms with van der Waals surface area (Å²) in [6.07, 6.45) is 1.23. The molecule has 0 aliphatic heterocycles. The number of nitrogens with one attached hydrogen (secondary N) is 1. The maximum Gasteiger partial charge on any atom is 0.284 e. The van der Waals surface area contributed by atoms with Crippen LogP contribution in [0.5, 0.6) is 11.5 Å². The van der Waals surface area contributed by atoms with Crippen LogP contribution in [0.1, 0.15) is 5.76 Å². The normalized spacial score (nSPS) is 10.9. The molecule has 0 bridgehead atoms. The maximum absolute atomic E-state index is 12.6. The van der Waals surface area contributed by atoms with Crippen molar-refractivity contribution in [3.8, 4) is 28.9 Å². The second kappa shape index (κ2) is 9.68. The van der Waals surface area contributed by atoms with E-state index in [1.54, 1.807) is 24.3 Å². The average Bonchev–Trinajstić information content (AvgIpc) is 3.25. The van der Waals surface area contributed by atoms with E-state index in [4.69, 9.17) is 25.5 Å². The van der Waals surface area contributed by atoms with Crippen LogP contribution in [0.3, 0.4) is 0 Å². The fourth-order valence-electron chi connectivity index (χ4n) is 2.83. The number of benzene rings is 2. The lowest BCUT2D eigenvalue weighted by molar-refractivity contribution is -0.384. The minimum Gasteiger partial charge on any atom is -0.497 e. The standard InChI is InChI=1S/C22H16ClN3O6/c1-30-15-4-6-17(19(11-15)26(28)29)20-8-5-16(32-20)9-13(12-24)22(27)25-18-10-14(23)3-7-21(18)31-2/h3-11H,1-2H3,(H,25,27). The van der Waals surface area contributed by atoms with Crippen molar-refractivity contribution in [1.29, 1.82) is 5.26 Å². The summed E-state index contributed by atoms with van der Waals surface area (Å²) in [5, 5.41) is 23.8. The molecular formula is C22H16ClN3O6. The number of furan rings is 1. The molecule has 2 aromatic carbocycles. The maximum atomic E-state index is 12.6. The summed E-state index contributed by atoms with van der Waals surface area (Å²) in [4.78, 5) is 23.4. The number of amides is 1. The third kappa shape index (κ3) is 4.88. The minimum absolute atomic E-state index is 0.162. The molecule has 1 amide bonds. The van der Waals surface area contributed by atoms with Crippen LogP contribution in [-0.2, 0) is 4.79 Å². The Labute approximate surface area is 187 Å². The summed E-state index contributed by atoms with van der Waals surface area (Å²) in [5.74, 6) is 0.343. The van der Waals surface area contributed by atoms with Gasteiger partial charge in [0.1, 0.15) is 34.7 Å². The number of nitriles is 1. The third-order valence-corrected chi connectivity index (χ3v) is 4.59. The van der Waals surface area contributed by atoms with E-state index in [1.165, 1.54) is 50.6 Å². The molecule has 0 radical (unpaired) electrons. The summed E-state index contributed by atoms with van der Waals surface area (Å²) in [5.41, 5.74) is 0.0555. The first kappa shape index (κ1) is 22.4. The van der Waals surface area contributed by atoms with Crippen molar-refractivity contribution in [3.63, 3.8) is 0 Å². The molecule has 3 aromatic rings. The van der Waals surface area contributed by atoms with Crippen molar-refractivity contribution >= 4 is 35.0 Å². The van der Waals surface area contributed by atoms with E-state index in [1.807, 2.05) is 0 Å². The smallest absolute Gasteiger partial charge is 0.284 e. The van der Waals surface area contributed by atoms with E-state index >= 15 is 0 Å². The Bertz CT molecular complexity index is 1260. The van der Waals surface area contributed by atoms with Crippen LogP contribution < -0.4 is 14.8 Å². The molecule has 1 N–H and O–H groups in total. The van der Waals surface area contributed by atoms with Gasteiger partial charge in [-0.2, -0.15) is 5.26 Å². The summed E-state index contributed by atoms with van der Waals surface area (Å²) in [6, 6.07) is 13.8. The van der Waals surface area contributed by atoms with E-state index in [0.29, 0.717) is 22.2 Å². The number of hydrogen-bond donors (Lipinski definition) is 1. The van der Waals surface area contributed by atoms with Gasteiger partial charge in [0.15, 0.2) is 0 Å². The zero-order valence-corrected chi connectivity index (χ0v) is 17.7. The molecule has 0 saturated carbocycles. The third-order valence-electron chi connectivity index (χ3n) is 4.36. The van der Waals surface area contributed by atoms with Crippen molar-refractivity contribution in [1.82, 2.24) is 0 Å². The molecule has 1 heterocycles. The van der Waals surface area contributed by atoms with E-state index in [0.717, 1.165) is 0 Å². The van der Waals surface area contributed by atoms with E-state index < -0.39 is 10.8 Å². The molecule has 32 heavy (non-hydrogen) atoms. The van der Waals surface area contributed by atoms with Gasteiger partial charge in [-0.05, 0) is 42.5 Å². The highest BCUT2D eigenvalue weighted by atomic mass is 35.5. The highest BCUT2D eigenvalue weighted by Gasteiger charge is 2.20. The molecular weight excluding hydrogens is 438 g/mol. The summed E-state index contributed by atoms with van der Waals surface area (Å²) in [7, 11) is 2.84. The van der Waals surface area contributed by atoms with Gasteiger partial charge in [-0.1, -0.05) is 11.6 Å². The number of nitro benzene ring substituents is 1. The van der Waals surface area contributed by atoms with E-state index in [2.05, 4.69) is 5.32 Å². The topological polar surface area (TPSA) is 128 Å². The number of methoxy groups -OCH3 is 2. The molecule has 9 nitrogen and oxygen atoms in total. The van der Waals surface area contributed by atoms with Gasteiger partial charge in [0.05, 0.1) is 36.5 Å². The van der Waals surface area contributed by atoms with Crippen molar-refractivity contribution in [2.75, 3.05) is 19.5 Å². The quantitative estimate of drug-likeness (QED) is 0.229. The van der Waals surface area contributed by atoms with Crippen LogP contribution in [-0.4, -0.2) is 25.1 Å². The number of carbonyl (C=O) groups is 1. The SMILES string of the molecule is COc1ccc(-c2ccc(C=C(C#N)C(=O)Nc3cc(Cl)ccc3OC)o2)c([N+](=O)[O-])c1. The Kier molecular flexibility index (Phi) is 6.77. The zero-order chi connectivity index (χ0) is 23.3. The Balaban J connectivity index is 1.89. The van der Waals surface area contributed by atoms with Crippen molar-refractivity contribution < 1.29 is 23.6 Å². The molecule has 162 valence electrons. The highest BCUT2D eigenvalue weighted by molar-refractivity contribution is 6.31. The second-order valence-corrected chi connectivity index (χ2v) is 6.75. The van der Waals surface area contributed by atoms with Crippen molar-refractivity contribution in [2.45, 2.75) is 0 Å². The average molecular weight is 454 g/mol. The number of rotatable bonds is 7. The fourth-order valence-corrected chi connectivity index (χ4v) is 3.00. The number of hydrogen-bond acceptors (Lipinski definition) is 7. The van der Waals surface area contributed by atoms with Gasteiger partial charge >= 0.3 is 0 Å². The molecule has 0 spiro atoms. The number of nitrogens with zero attached hydrogens (tertiary/aromatic N) is 2. The lowest BCUT2D eigenvalue weighted by Crippen LogP contribution is -2.14. The monoisotopic (exact) mass is 453 g/mol. The first-order chi connectivity index (χ1) is 15.4. The Hall–Kier alpha value is -4.29. The molecule has 10 heteroatoms. The Morgan fingerprint density at radius 3 is 2.62 bits per heavy atom. The second-order valence-electron chi connectivity index (χ2n) is 6.31. The van der Waals surface area contributed by atoms with Gasteiger partial charge in [-0.25, -0.2) is 0 Å².